The molecule has 32 heavy (non-hydrogen) atoms. The average molecular weight is 471 g/mol. The third-order valence-corrected chi connectivity index (χ3v) is 7.77. The van der Waals surface area contributed by atoms with Crippen LogP contribution in [0.15, 0.2) is 65.0 Å². The molecular formula is C23H26N4O3S2. The van der Waals surface area contributed by atoms with Gasteiger partial charge in [-0.05, 0) is 73.5 Å². The largest absolute Gasteiger partial charge is 0.357 e. The predicted molar refractivity (Wildman–Crippen MR) is 128 cm³/mol. The standard InChI is InChI=1S/C23H26N4O3S2/c28-23(26-19-8-11-22(24-17-19)27-14-2-1-3-15-27)18-6-9-21(10-7-18)32(29,30)25-13-12-20-5-4-16-31-20/h4-11,16-17,25H,1-3,12-15H2,(H,26,28). The molecule has 0 spiro atoms. The molecule has 0 unspecified atom stereocenters. The summed E-state index contributed by atoms with van der Waals surface area (Å²) >= 11 is 1.60. The van der Waals surface area contributed by atoms with Crippen molar-refractivity contribution in [3.05, 3.63) is 70.5 Å². The Labute approximate surface area is 192 Å². The molecule has 0 aliphatic carbocycles. The van der Waals surface area contributed by atoms with Gasteiger partial charge in [-0.2, -0.15) is 0 Å². The molecule has 1 aliphatic rings. The van der Waals surface area contributed by atoms with Crippen LogP contribution < -0.4 is 14.9 Å². The molecule has 4 rings (SSSR count). The number of thiophene rings is 1. The number of rotatable bonds is 8. The number of anilines is 2. The van der Waals surface area contributed by atoms with Crippen LogP contribution in [0.5, 0.6) is 0 Å². The molecule has 9 heteroatoms. The van der Waals surface area contributed by atoms with Crippen molar-refractivity contribution in [2.75, 3.05) is 29.9 Å². The minimum Gasteiger partial charge on any atom is -0.357 e. The zero-order chi connectivity index (χ0) is 22.4. The van der Waals surface area contributed by atoms with E-state index in [1.165, 1.54) is 43.5 Å². The van der Waals surface area contributed by atoms with E-state index in [-0.39, 0.29) is 10.8 Å². The van der Waals surface area contributed by atoms with E-state index in [0.29, 0.717) is 24.2 Å². The van der Waals surface area contributed by atoms with Gasteiger partial charge in [-0.15, -0.1) is 11.3 Å². The molecule has 0 saturated carbocycles. The first-order chi connectivity index (χ1) is 15.5. The molecule has 1 fully saturated rings. The molecule has 3 heterocycles. The van der Waals surface area contributed by atoms with Gasteiger partial charge in [-0.1, -0.05) is 6.07 Å². The summed E-state index contributed by atoms with van der Waals surface area (Å²) in [6, 6.07) is 13.6. The number of benzene rings is 1. The SMILES string of the molecule is O=C(Nc1ccc(N2CCCCC2)nc1)c1ccc(S(=O)(=O)NCCc2cccs2)cc1. The molecule has 168 valence electrons. The van der Waals surface area contributed by atoms with E-state index in [9.17, 15) is 13.2 Å². The summed E-state index contributed by atoms with van der Waals surface area (Å²) in [6.45, 7) is 2.35. The number of carbonyl (C=O) groups excluding carboxylic acids is 1. The first kappa shape index (κ1) is 22.4. The zero-order valence-electron chi connectivity index (χ0n) is 17.7. The van der Waals surface area contributed by atoms with E-state index in [1.54, 1.807) is 17.5 Å². The summed E-state index contributed by atoms with van der Waals surface area (Å²) < 4.78 is 27.5. The number of nitrogens with zero attached hydrogens (tertiary/aromatic N) is 2. The van der Waals surface area contributed by atoms with Gasteiger partial charge in [0, 0.05) is 30.1 Å². The van der Waals surface area contributed by atoms with Crippen LogP contribution in [-0.4, -0.2) is 38.9 Å². The lowest BCUT2D eigenvalue weighted by molar-refractivity contribution is 0.102. The number of pyridine rings is 1. The molecule has 3 aromatic rings. The number of piperidine rings is 1. The summed E-state index contributed by atoms with van der Waals surface area (Å²) in [5.74, 6) is 0.607. The molecule has 0 atom stereocenters. The Morgan fingerprint density at radius 2 is 1.81 bits per heavy atom. The Hall–Kier alpha value is -2.75. The second kappa shape index (κ2) is 10.2. The molecule has 0 bridgehead atoms. The first-order valence-electron chi connectivity index (χ1n) is 10.7. The van der Waals surface area contributed by atoms with Gasteiger partial charge in [-0.3, -0.25) is 4.79 Å². The van der Waals surface area contributed by atoms with E-state index in [1.807, 2.05) is 29.6 Å². The molecular weight excluding hydrogens is 444 g/mol. The van der Waals surface area contributed by atoms with Crippen molar-refractivity contribution < 1.29 is 13.2 Å². The summed E-state index contributed by atoms with van der Waals surface area (Å²) in [6.07, 6.45) is 5.90. The van der Waals surface area contributed by atoms with Crippen molar-refractivity contribution in [2.45, 2.75) is 30.6 Å². The van der Waals surface area contributed by atoms with Crippen LogP contribution in [0.25, 0.3) is 0 Å². The molecule has 1 saturated heterocycles. The Balaban J connectivity index is 1.33. The third kappa shape index (κ3) is 5.73. The van der Waals surface area contributed by atoms with Crippen molar-refractivity contribution in [3.8, 4) is 0 Å². The van der Waals surface area contributed by atoms with Crippen molar-refractivity contribution in [1.82, 2.24) is 9.71 Å². The summed E-state index contributed by atoms with van der Waals surface area (Å²) in [7, 11) is -3.62. The fourth-order valence-electron chi connectivity index (χ4n) is 3.61. The monoisotopic (exact) mass is 470 g/mol. The highest BCUT2D eigenvalue weighted by atomic mass is 32.2. The minimum absolute atomic E-state index is 0.132. The molecule has 1 amide bonds. The number of sulfonamides is 1. The number of hydrogen-bond acceptors (Lipinski definition) is 6. The maximum atomic E-state index is 12.6. The highest BCUT2D eigenvalue weighted by Gasteiger charge is 2.16. The number of hydrogen-bond donors (Lipinski definition) is 2. The zero-order valence-corrected chi connectivity index (χ0v) is 19.3. The normalized spacial score (nSPS) is 14.3. The maximum Gasteiger partial charge on any atom is 0.255 e. The lowest BCUT2D eigenvalue weighted by Crippen LogP contribution is -2.30. The molecule has 0 radical (unpaired) electrons. The molecule has 2 aromatic heterocycles. The quantitative estimate of drug-likeness (QED) is 0.521. The van der Waals surface area contributed by atoms with Gasteiger partial charge in [0.15, 0.2) is 0 Å². The van der Waals surface area contributed by atoms with Gasteiger partial charge in [0.1, 0.15) is 5.82 Å². The van der Waals surface area contributed by atoms with Crippen molar-refractivity contribution >= 4 is 38.8 Å². The minimum atomic E-state index is -3.62. The number of aromatic nitrogens is 1. The highest BCUT2D eigenvalue weighted by molar-refractivity contribution is 7.89. The molecule has 1 aromatic carbocycles. The van der Waals surface area contributed by atoms with Crippen LogP contribution >= 0.6 is 11.3 Å². The van der Waals surface area contributed by atoms with E-state index >= 15 is 0 Å². The van der Waals surface area contributed by atoms with Crippen LogP contribution in [0.3, 0.4) is 0 Å². The molecule has 7 nitrogen and oxygen atoms in total. The number of nitrogens with one attached hydrogen (secondary N) is 2. The number of carbonyl (C=O) groups is 1. The Kier molecular flexibility index (Phi) is 7.19. The second-order valence-corrected chi connectivity index (χ2v) is 10.5. The van der Waals surface area contributed by atoms with Gasteiger partial charge in [-0.25, -0.2) is 18.1 Å². The van der Waals surface area contributed by atoms with Crippen LogP contribution in [0, 0.1) is 0 Å². The van der Waals surface area contributed by atoms with Gasteiger partial charge in [0.05, 0.1) is 16.8 Å². The smallest absolute Gasteiger partial charge is 0.255 e. The second-order valence-electron chi connectivity index (χ2n) is 7.66. The average Bonchev–Trinajstić information content (AvgIpc) is 3.34. The van der Waals surface area contributed by atoms with Gasteiger partial charge in [0.2, 0.25) is 10.0 Å². The van der Waals surface area contributed by atoms with Crippen molar-refractivity contribution in [1.29, 1.82) is 0 Å². The molecule has 2 N–H and O–H groups in total. The first-order valence-corrected chi connectivity index (χ1v) is 13.0. The third-order valence-electron chi connectivity index (χ3n) is 5.36. The van der Waals surface area contributed by atoms with Crippen LogP contribution in [-0.2, 0) is 16.4 Å². The fraction of sp³-hybridized carbons (Fsp3) is 0.304. The van der Waals surface area contributed by atoms with Crippen LogP contribution in [0.2, 0.25) is 0 Å². The predicted octanol–water partition coefficient (Wildman–Crippen LogP) is 3.91. The Bertz CT molecular complexity index is 1120. The summed E-state index contributed by atoms with van der Waals surface area (Å²) in [5, 5.41) is 4.78. The van der Waals surface area contributed by atoms with Gasteiger partial charge < -0.3 is 10.2 Å². The van der Waals surface area contributed by atoms with E-state index < -0.39 is 10.0 Å². The summed E-state index contributed by atoms with van der Waals surface area (Å²) in [5.41, 5.74) is 0.977. The fourth-order valence-corrected chi connectivity index (χ4v) is 5.35. The Morgan fingerprint density at radius 1 is 1.03 bits per heavy atom. The lowest BCUT2D eigenvalue weighted by Gasteiger charge is -2.27. The van der Waals surface area contributed by atoms with E-state index in [4.69, 9.17) is 0 Å². The topological polar surface area (TPSA) is 91.4 Å². The van der Waals surface area contributed by atoms with E-state index in [0.717, 1.165) is 23.8 Å². The lowest BCUT2D eigenvalue weighted by atomic mass is 10.1. The van der Waals surface area contributed by atoms with Gasteiger partial charge >= 0.3 is 0 Å². The molecule has 1 aliphatic heterocycles. The maximum absolute atomic E-state index is 12.6. The van der Waals surface area contributed by atoms with Crippen LogP contribution in [0.1, 0.15) is 34.5 Å². The highest BCUT2D eigenvalue weighted by Crippen LogP contribution is 2.19. The summed E-state index contributed by atoms with van der Waals surface area (Å²) in [4.78, 5) is 20.5. The van der Waals surface area contributed by atoms with Gasteiger partial charge in [0.25, 0.3) is 5.91 Å². The van der Waals surface area contributed by atoms with Crippen molar-refractivity contribution in [2.24, 2.45) is 0 Å². The van der Waals surface area contributed by atoms with E-state index in [2.05, 4.69) is 19.9 Å². The van der Waals surface area contributed by atoms with Crippen molar-refractivity contribution in [3.63, 3.8) is 0 Å². The van der Waals surface area contributed by atoms with Crippen LogP contribution in [0.4, 0.5) is 11.5 Å². The Morgan fingerprint density at radius 3 is 2.47 bits per heavy atom. The number of amides is 1.